The molecule has 2 atom stereocenters. The number of ether oxygens (including phenoxy) is 1. The van der Waals surface area contributed by atoms with Gasteiger partial charge in [0, 0.05) is 12.5 Å². The minimum Gasteiger partial charge on any atom is -0.490 e. The van der Waals surface area contributed by atoms with Gasteiger partial charge in [0.1, 0.15) is 11.8 Å². The molecule has 2 rings (SSSR count). The molecule has 1 aromatic rings. The smallest absolute Gasteiger partial charge is 0.309 e. The highest BCUT2D eigenvalue weighted by molar-refractivity contribution is 6.31. The first-order valence-electron chi connectivity index (χ1n) is 6.04. The molecule has 0 amide bonds. The molecule has 0 spiro atoms. The predicted molar refractivity (Wildman–Crippen MR) is 70.2 cm³/mol. The minimum absolute atomic E-state index is 0.120. The highest BCUT2D eigenvalue weighted by Gasteiger charge is 2.42. The quantitative estimate of drug-likeness (QED) is 0.922. The minimum atomic E-state index is -0.781. The van der Waals surface area contributed by atoms with Crippen molar-refractivity contribution in [3.63, 3.8) is 0 Å². The summed E-state index contributed by atoms with van der Waals surface area (Å²) in [5.41, 5.74) is -0.308. The second-order valence-electron chi connectivity index (χ2n) is 5.10. The maximum Gasteiger partial charge on any atom is 0.309 e. The number of carboxylic acids is 1. The Labute approximate surface area is 116 Å². The summed E-state index contributed by atoms with van der Waals surface area (Å²) in [6.45, 7) is 1.74. The molecule has 2 unspecified atom stereocenters. The van der Waals surface area contributed by atoms with Gasteiger partial charge in [-0.3, -0.25) is 4.79 Å². The van der Waals surface area contributed by atoms with E-state index in [-0.39, 0.29) is 6.10 Å². The molecule has 1 fully saturated rings. The van der Waals surface area contributed by atoms with E-state index in [0.717, 1.165) is 0 Å². The standard InChI is InChI=1S/C14H14ClNO3/c1-14(13(17)18)5-4-11(7-14)19-10-3-2-9(8-16)12(15)6-10/h2-3,6,11H,4-5,7H2,1H3,(H,17,18). The van der Waals surface area contributed by atoms with Crippen LogP contribution >= 0.6 is 11.6 Å². The number of nitrogens with zero attached hydrogens (tertiary/aromatic N) is 1. The largest absolute Gasteiger partial charge is 0.490 e. The van der Waals surface area contributed by atoms with E-state index in [1.165, 1.54) is 0 Å². The van der Waals surface area contributed by atoms with E-state index in [4.69, 9.17) is 26.7 Å². The number of rotatable bonds is 3. The van der Waals surface area contributed by atoms with Crippen LogP contribution in [0.2, 0.25) is 5.02 Å². The third-order valence-electron chi connectivity index (χ3n) is 3.58. The Bertz CT molecular complexity index is 552. The molecule has 0 heterocycles. The van der Waals surface area contributed by atoms with Gasteiger partial charge in [-0.1, -0.05) is 11.6 Å². The predicted octanol–water partition coefficient (Wildman–Crippen LogP) is 3.23. The van der Waals surface area contributed by atoms with Crippen LogP contribution in [-0.4, -0.2) is 17.2 Å². The Morgan fingerprint density at radius 1 is 1.63 bits per heavy atom. The van der Waals surface area contributed by atoms with Gasteiger partial charge in [-0.25, -0.2) is 0 Å². The van der Waals surface area contributed by atoms with Crippen molar-refractivity contribution in [1.29, 1.82) is 5.26 Å². The molecule has 1 aliphatic carbocycles. The number of nitriles is 1. The maximum absolute atomic E-state index is 11.1. The number of halogens is 1. The Balaban J connectivity index is 2.06. The molecular formula is C14H14ClNO3. The second kappa shape index (κ2) is 5.10. The first kappa shape index (κ1) is 13.7. The third-order valence-corrected chi connectivity index (χ3v) is 3.89. The van der Waals surface area contributed by atoms with Crippen LogP contribution in [0.15, 0.2) is 18.2 Å². The van der Waals surface area contributed by atoms with E-state index in [9.17, 15) is 4.79 Å². The molecule has 1 aromatic carbocycles. The van der Waals surface area contributed by atoms with Crippen molar-refractivity contribution in [1.82, 2.24) is 0 Å². The van der Waals surface area contributed by atoms with E-state index in [0.29, 0.717) is 35.6 Å². The summed E-state index contributed by atoms with van der Waals surface area (Å²) < 4.78 is 5.74. The van der Waals surface area contributed by atoms with Gasteiger partial charge in [0.2, 0.25) is 0 Å². The second-order valence-corrected chi connectivity index (χ2v) is 5.51. The molecule has 0 saturated heterocycles. The van der Waals surface area contributed by atoms with Crippen molar-refractivity contribution < 1.29 is 14.6 Å². The number of aliphatic carboxylic acids is 1. The lowest BCUT2D eigenvalue weighted by molar-refractivity contribution is -0.147. The summed E-state index contributed by atoms with van der Waals surface area (Å²) in [5.74, 6) is -0.208. The fraction of sp³-hybridized carbons (Fsp3) is 0.429. The Kier molecular flexibility index (Phi) is 3.68. The molecule has 0 radical (unpaired) electrons. The molecule has 1 aliphatic rings. The van der Waals surface area contributed by atoms with Crippen molar-refractivity contribution in [3.8, 4) is 11.8 Å². The molecule has 0 bridgehead atoms. The summed E-state index contributed by atoms with van der Waals surface area (Å²) in [4.78, 5) is 11.1. The topological polar surface area (TPSA) is 70.3 Å². The third kappa shape index (κ3) is 2.82. The molecule has 100 valence electrons. The van der Waals surface area contributed by atoms with Gasteiger partial charge in [-0.2, -0.15) is 5.26 Å². The molecule has 4 nitrogen and oxygen atoms in total. The van der Waals surface area contributed by atoms with E-state index in [1.54, 1.807) is 25.1 Å². The van der Waals surface area contributed by atoms with Crippen LogP contribution < -0.4 is 4.74 Å². The fourth-order valence-corrected chi connectivity index (χ4v) is 2.55. The average molecular weight is 280 g/mol. The highest BCUT2D eigenvalue weighted by atomic mass is 35.5. The highest BCUT2D eigenvalue weighted by Crippen LogP contribution is 2.40. The van der Waals surface area contributed by atoms with Gasteiger partial charge >= 0.3 is 5.97 Å². The lowest BCUT2D eigenvalue weighted by Crippen LogP contribution is -2.25. The van der Waals surface area contributed by atoms with Gasteiger partial charge in [0.25, 0.3) is 0 Å². The molecule has 19 heavy (non-hydrogen) atoms. The van der Waals surface area contributed by atoms with E-state index in [2.05, 4.69) is 0 Å². The zero-order valence-electron chi connectivity index (χ0n) is 10.5. The molecule has 1 saturated carbocycles. The zero-order chi connectivity index (χ0) is 14.0. The number of carboxylic acid groups (broad SMARTS) is 1. The Morgan fingerprint density at radius 2 is 2.37 bits per heavy atom. The lowest BCUT2D eigenvalue weighted by atomic mass is 9.89. The maximum atomic E-state index is 11.1. The van der Waals surface area contributed by atoms with E-state index >= 15 is 0 Å². The SMILES string of the molecule is CC1(C(=O)O)CCC(Oc2ccc(C#N)c(Cl)c2)C1. The van der Waals surface area contributed by atoms with Gasteiger partial charge in [-0.05, 0) is 31.9 Å². The summed E-state index contributed by atoms with van der Waals surface area (Å²) in [5, 5.41) is 18.3. The van der Waals surface area contributed by atoms with Crippen LogP contribution in [0.25, 0.3) is 0 Å². The van der Waals surface area contributed by atoms with E-state index in [1.807, 2.05) is 6.07 Å². The number of carbonyl (C=O) groups is 1. The summed E-state index contributed by atoms with van der Waals surface area (Å²) in [6.07, 6.45) is 1.68. The van der Waals surface area contributed by atoms with Gasteiger partial charge in [-0.15, -0.1) is 0 Å². The van der Waals surface area contributed by atoms with Crippen LogP contribution in [0.5, 0.6) is 5.75 Å². The van der Waals surface area contributed by atoms with Crippen molar-refractivity contribution in [3.05, 3.63) is 28.8 Å². The van der Waals surface area contributed by atoms with E-state index < -0.39 is 11.4 Å². The first-order chi connectivity index (χ1) is 8.94. The number of hydrogen-bond acceptors (Lipinski definition) is 3. The van der Waals surface area contributed by atoms with Gasteiger partial charge in [0.15, 0.2) is 0 Å². The van der Waals surface area contributed by atoms with Crippen LogP contribution in [0.3, 0.4) is 0 Å². The van der Waals surface area contributed by atoms with Crippen LogP contribution in [-0.2, 0) is 4.79 Å². The number of benzene rings is 1. The van der Waals surface area contributed by atoms with Crippen LogP contribution in [0.4, 0.5) is 0 Å². The van der Waals surface area contributed by atoms with Crippen molar-refractivity contribution in [2.75, 3.05) is 0 Å². The van der Waals surface area contributed by atoms with Crippen LogP contribution in [0, 0.1) is 16.7 Å². The van der Waals surface area contributed by atoms with Crippen molar-refractivity contribution in [2.24, 2.45) is 5.41 Å². The van der Waals surface area contributed by atoms with Gasteiger partial charge < -0.3 is 9.84 Å². The normalized spacial score (nSPS) is 25.8. The Morgan fingerprint density at radius 3 is 2.89 bits per heavy atom. The lowest BCUT2D eigenvalue weighted by Gasteiger charge is -2.18. The molecule has 0 aromatic heterocycles. The molecular weight excluding hydrogens is 266 g/mol. The average Bonchev–Trinajstić information content (AvgIpc) is 2.73. The van der Waals surface area contributed by atoms with Gasteiger partial charge in [0.05, 0.1) is 22.1 Å². The zero-order valence-corrected chi connectivity index (χ0v) is 11.3. The summed E-state index contributed by atoms with van der Waals surface area (Å²) in [6, 6.07) is 6.85. The molecule has 1 N–H and O–H groups in total. The fourth-order valence-electron chi connectivity index (χ4n) is 2.33. The number of hydrogen-bond donors (Lipinski definition) is 1. The van der Waals surface area contributed by atoms with Crippen LogP contribution in [0.1, 0.15) is 31.7 Å². The van der Waals surface area contributed by atoms with Crippen molar-refractivity contribution in [2.45, 2.75) is 32.3 Å². The summed E-state index contributed by atoms with van der Waals surface area (Å²) in [7, 11) is 0. The Hall–Kier alpha value is -1.73. The summed E-state index contributed by atoms with van der Waals surface area (Å²) >= 11 is 5.92. The molecule has 0 aliphatic heterocycles. The molecule has 5 heteroatoms. The monoisotopic (exact) mass is 279 g/mol. The van der Waals surface area contributed by atoms with Crippen molar-refractivity contribution >= 4 is 17.6 Å². The first-order valence-corrected chi connectivity index (χ1v) is 6.42.